The molecule has 1 aliphatic rings. The summed E-state index contributed by atoms with van der Waals surface area (Å²) in [5, 5.41) is 4.04. The normalized spacial score (nSPS) is 16.2. The number of rotatable bonds is 3. The van der Waals surface area contributed by atoms with E-state index >= 15 is 0 Å². The Kier molecular flexibility index (Phi) is 3.81. The van der Waals surface area contributed by atoms with Crippen LogP contribution in [0.5, 0.6) is 11.5 Å². The number of hydrogen-bond donors (Lipinski definition) is 0. The van der Waals surface area contributed by atoms with Crippen molar-refractivity contribution in [1.82, 2.24) is 14.3 Å². The highest BCUT2D eigenvalue weighted by molar-refractivity contribution is 5.41. The Morgan fingerprint density at radius 2 is 1.96 bits per heavy atom. The standard InChI is InChI=1S/C15H18N4O4/c1-17(13-14(20)18(2)15(21)19(3)16-13)8-10-9-22-11-6-4-5-7-12(11)23-10/h4-7,10H,8-9H2,1-3H3. The number of aromatic nitrogens is 3. The molecule has 1 aromatic carbocycles. The minimum atomic E-state index is -0.460. The first kappa shape index (κ1) is 15.1. The van der Waals surface area contributed by atoms with Crippen molar-refractivity contribution in [3.63, 3.8) is 0 Å². The molecule has 1 atom stereocenters. The molecular weight excluding hydrogens is 300 g/mol. The van der Waals surface area contributed by atoms with Crippen LogP contribution >= 0.6 is 0 Å². The van der Waals surface area contributed by atoms with E-state index in [-0.39, 0.29) is 11.9 Å². The van der Waals surface area contributed by atoms with Gasteiger partial charge >= 0.3 is 5.69 Å². The van der Waals surface area contributed by atoms with E-state index in [4.69, 9.17) is 9.47 Å². The largest absolute Gasteiger partial charge is 0.486 e. The topological polar surface area (TPSA) is 78.6 Å². The molecule has 2 aromatic rings. The number of likely N-dealkylation sites (N-methyl/N-ethyl adjacent to an activating group) is 1. The first-order valence-corrected chi connectivity index (χ1v) is 7.21. The van der Waals surface area contributed by atoms with Crippen molar-refractivity contribution in [3.05, 3.63) is 45.1 Å². The number of aryl methyl sites for hydroxylation is 1. The van der Waals surface area contributed by atoms with E-state index in [1.54, 1.807) is 11.9 Å². The van der Waals surface area contributed by atoms with E-state index in [1.165, 1.54) is 14.1 Å². The van der Waals surface area contributed by atoms with Gasteiger partial charge in [-0.1, -0.05) is 12.1 Å². The minimum absolute atomic E-state index is 0.192. The summed E-state index contributed by atoms with van der Waals surface area (Å²) in [7, 11) is 4.67. The van der Waals surface area contributed by atoms with Crippen molar-refractivity contribution >= 4 is 5.82 Å². The molecule has 1 aliphatic heterocycles. The molecule has 1 unspecified atom stereocenters. The van der Waals surface area contributed by atoms with Crippen LogP contribution in [0.25, 0.3) is 0 Å². The molecule has 0 fully saturated rings. The van der Waals surface area contributed by atoms with Gasteiger partial charge in [0.2, 0.25) is 5.82 Å². The van der Waals surface area contributed by atoms with Crippen molar-refractivity contribution in [3.8, 4) is 11.5 Å². The number of ether oxygens (including phenoxy) is 2. The number of benzene rings is 1. The molecule has 0 saturated carbocycles. The molecule has 1 aromatic heterocycles. The molecule has 2 heterocycles. The Morgan fingerprint density at radius 3 is 2.70 bits per heavy atom. The zero-order valence-corrected chi connectivity index (χ0v) is 13.2. The molecule has 122 valence electrons. The average molecular weight is 318 g/mol. The SMILES string of the molecule is CN(CC1COc2ccccc2O1)c1nn(C)c(=O)n(C)c1=O. The Hall–Kier alpha value is -2.77. The van der Waals surface area contributed by atoms with Gasteiger partial charge in [0.1, 0.15) is 6.61 Å². The van der Waals surface area contributed by atoms with Crippen LogP contribution in [0.15, 0.2) is 33.9 Å². The van der Waals surface area contributed by atoms with Crippen LogP contribution in [0.1, 0.15) is 0 Å². The van der Waals surface area contributed by atoms with Crippen molar-refractivity contribution in [2.24, 2.45) is 14.1 Å². The summed E-state index contributed by atoms with van der Waals surface area (Å²) in [5.41, 5.74) is -0.897. The maximum atomic E-state index is 12.2. The molecule has 8 nitrogen and oxygen atoms in total. The van der Waals surface area contributed by atoms with Crippen molar-refractivity contribution in [2.45, 2.75) is 6.10 Å². The number of nitrogens with zero attached hydrogens (tertiary/aromatic N) is 4. The second kappa shape index (κ2) is 5.79. The fourth-order valence-electron chi connectivity index (χ4n) is 2.47. The van der Waals surface area contributed by atoms with Gasteiger partial charge in [0.25, 0.3) is 5.56 Å². The lowest BCUT2D eigenvalue weighted by atomic mass is 10.2. The predicted molar refractivity (Wildman–Crippen MR) is 84.3 cm³/mol. The summed E-state index contributed by atoms with van der Waals surface area (Å²) in [5.74, 6) is 1.58. The Bertz CT molecular complexity index is 842. The van der Waals surface area contributed by atoms with Crippen LogP contribution in [0.2, 0.25) is 0 Å². The molecule has 0 saturated heterocycles. The zero-order valence-electron chi connectivity index (χ0n) is 13.2. The summed E-state index contributed by atoms with van der Waals surface area (Å²) >= 11 is 0. The van der Waals surface area contributed by atoms with Gasteiger partial charge in [0.05, 0.1) is 6.54 Å². The third kappa shape index (κ3) is 2.79. The van der Waals surface area contributed by atoms with E-state index in [1.807, 2.05) is 24.3 Å². The zero-order chi connectivity index (χ0) is 16.6. The van der Waals surface area contributed by atoms with Gasteiger partial charge in [-0.05, 0) is 12.1 Å². The predicted octanol–water partition coefficient (Wildman–Crippen LogP) is -0.245. The van der Waals surface area contributed by atoms with Gasteiger partial charge in [0.15, 0.2) is 17.6 Å². The number of hydrogen-bond acceptors (Lipinski definition) is 6. The Morgan fingerprint density at radius 1 is 1.26 bits per heavy atom. The van der Waals surface area contributed by atoms with E-state index in [9.17, 15) is 9.59 Å². The third-order valence-electron chi connectivity index (χ3n) is 3.71. The fourth-order valence-corrected chi connectivity index (χ4v) is 2.47. The van der Waals surface area contributed by atoms with Gasteiger partial charge in [-0.3, -0.25) is 9.36 Å². The van der Waals surface area contributed by atoms with Crippen molar-refractivity contribution in [2.75, 3.05) is 25.1 Å². The molecule has 0 aliphatic carbocycles. The summed E-state index contributed by atoms with van der Waals surface area (Å²) in [4.78, 5) is 25.6. The van der Waals surface area contributed by atoms with E-state index in [0.717, 1.165) is 9.25 Å². The molecule has 0 bridgehead atoms. The monoisotopic (exact) mass is 318 g/mol. The lowest BCUT2D eigenvalue weighted by molar-refractivity contribution is 0.0958. The second-order valence-corrected chi connectivity index (χ2v) is 5.47. The van der Waals surface area contributed by atoms with Crippen LogP contribution in [0.3, 0.4) is 0 Å². The lowest BCUT2D eigenvalue weighted by Crippen LogP contribution is -2.45. The maximum absolute atomic E-state index is 12.2. The molecule has 0 radical (unpaired) electrons. The van der Waals surface area contributed by atoms with Gasteiger partial charge in [-0.2, -0.15) is 0 Å². The average Bonchev–Trinajstić information content (AvgIpc) is 2.56. The molecular formula is C15H18N4O4. The quantitative estimate of drug-likeness (QED) is 0.777. The van der Waals surface area contributed by atoms with E-state index < -0.39 is 11.2 Å². The van der Waals surface area contributed by atoms with Crippen LogP contribution in [-0.2, 0) is 14.1 Å². The summed E-state index contributed by atoms with van der Waals surface area (Å²) in [6.07, 6.45) is -0.237. The first-order valence-electron chi connectivity index (χ1n) is 7.21. The Balaban J connectivity index is 1.80. The van der Waals surface area contributed by atoms with E-state index in [2.05, 4.69) is 5.10 Å². The van der Waals surface area contributed by atoms with Gasteiger partial charge in [0, 0.05) is 21.1 Å². The second-order valence-electron chi connectivity index (χ2n) is 5.47. The highest BCUT2D eigenvalue weighted by Gasteiger charge is 2.24. The van der Waals surface area contributed by atoms with Gasteiger partial charge in [-0.25, -0.2) is 9.48 Å². The number of anilines is 1. The van der Waals surface area contributed by atoms with Crippen LogP contribution < -0.4 is 25.6 Å². The fraction of sp³-hybridized carbons (Fsp3) is 0.400. The lowest BCUT2D eigenvalue weighted by Gasteiger charge is -2.29. The van der Waals surface area contributed by atoms with Crippen LogP contribution in [-0.4, -0.2) is 40.7 Å². The Labute approximate surface area is 132 Å². The van der Waals surface area contributed by atoms with Crippen LogP contribution in [0, 0.1) is 0 Å². The van der Waals surface area contributed by atoms with E-state index in [0.29, 0.717) is 24.7 Å². The maximum Gasteiger partial charge on any atom is 0.346 e. The third-order valence-corrected chi connectivity index (χ3v) is 3.71. The highest BCUT2D eigenvalue weighted by atomic mass is 16.6. The smallest absolute Gasteiger partial charge is 0.346 e. The molecule has 0 spiro atoms. The molecule has 0 amide bonds. The van der Waals surface area contributed by atoms with Crippen molar-refractivity contribution < 1.29 is 9.47 Å². The minimum Gasteiger partial charge on any atom is -0.486 e. The summed E-state index contributed by atoms with van der Waals surface area (Å²) < 4.78 is 13.7. The highest BCUT2D eigenvalue weighted by Crippen LogP contribution is 2.31. The number of para-hydroxylation sites is 2. The molecule has 23 heavy (non-hydrogen) atoms. The summed E-state index contributed by atoms with van der Waals surface area (Å²) in [6, 6.07) is 7.44. The molecule has 8 heteroatoms. The van der Waals surface area contributed by atoms with Crippen molar-refractivity contribution in [1.29, 1.82) is 0 Å². The first-order chi connectivity index (χ1) is 11.0. The number of fused-ring (bicyclic) bond motifs is 1. The molecule has 0 N–H and O–H groups in total. The van der Waals surface area contributed by atoms with Gasteiger partial charge < -0.3 is 14.4 Å². The van der Waals surface area contributed by atoms with Crippen LogP contribution in [0.4, 0.5) is 5.82 Å². The van der Waals surface area contributed by atoms with Gasteiger partial charge in [-0.15, -0.1) is 5.10 Å². The molecule has 3 rings (SSSR count). The summed E-state index contributed by atoms with van der Waals surface area (Å²) in [6.45, 7) is 0.794.